The number of nitrogens with two attached hydrogens (primary N) is 1. The van der Waals surface area contributed by atoms with Crippen molar-refractivity contribution in [3.63, 3.8) is 0 Å². The van der Waals surface area contributed by atoms with E-state index < -0.39 is 5.60 Å². The second-order valence-corrected chi connectivity index (χ2v) is 5.55. The number of ether oxygens (including phenoxy) is 1. The molecule has 1 saturated heterocycles. The van der Waals surface area contributed by atoms with Crippen molar-refractivity contribution in [3.05, 3.63) is 0 Å². The molecule has 2 N–H and O–H groups in total. The maximum Gasteiger partial charge on any atom is 0.410 e. The predicted molar refractivity (Wildman–Crippen MR) is 64.2 cm³/mol. The lowest BCUT2D eigenvalue weighted by atomic mass is 9.91. The Morgan fingerprint density at radius 1 is 1.50 bits per heavy atom. The van der Waals surface area contributed by atoms with Crippen LogP contribution < -0.4 is 5.73 Å². The molecule has 1 rings (SSSR count). The quantitative estimate of drug-likeness (QED) is 0.746. The van der Waals surface area contributed by atoms with Gasteiger partial charge in [-0.05, 0) is 33.1 Å². The maximum absolute atomic E-state index is 11.8. The van der Waals surface area contributed by atoms with Crippen LogP contribution in [0.15, 0.2) is 0 Å². The fourth-order valence-electron chi connectivity index (χ4n) is 1.97. The van der Waals surface area contributed by atoms with Crippen LogP contribution in [0, 0.1) is 5.92 Å². The molecule has 0 aromatic rings. The standard InChI is InChI=1S/C12H24N2O2/c1-5-9-8-14(7-6-10(9)13)11(15)16-12(2,3)4/h9-10H,5-8,13H2,1-4H3/t9-,10+/m0/s1. The highest BCUT2D eigenvalue weighted by molar-refractivity contribution is 5.68. The van der Waals surface area contributed by atoms with Gasteiger partial charge in [-0.25, -0.2) is 4.79 Å². The van der Waals surface area contributed by atoms with Crippen LogP contribution in [0.4, 0.5) is 4.79 Å². The van der Waals surface area contributed by atoms with E-state index in [2.05, 4.69) is 6.92 Å². The van der Waals surface area contributed by atoms with E-state index in [1.165, 1.54) is 0 Å². The van der Waals surface area contributed by atoms with E-state index in [0.29, 0.717) is 12.5 Å². The highest BCUT2D eigenvalue weighted by atomic mass is 16.6. The van der Waals surface area contributed by atoms with Gasteiger partial charge in [0.15, 0.2) is 0 Å². The van der Waals surface area contributed by atoms with Crippen molar-refractivity contribution in [3.8, 4) is 0 Å². The van der Waals surface area contributed by atoms with Crippen molar-refractivity contribution in [1.29, 1.82) is 0 Å². The molecule has 1 fully saturated rings. The highest BCUT2D eigenvalue weighted by Crippen LogP contribution is 2.20. The minimum Gasteiger partial charge on any atom is -0.444 e. The molecule has 0 unspecified atom stereocenters. The Bertz CT molecular complexity index is 248. The maximum atomic E-state index is 11.8. The lowest BCUT2D eigenvalue weighted by Gasteiger charge is -2.37. The molecule has 2 atom stereocenters. The van der Waals surface area contributed by atoms with Gasteiger partial charge in [0.25, 0.3) is 0 Å². The molecule has 0 aliphatic carbocycles. The first kappa shape index (κ1) is 13.3. The summed E-state index contributed by atoms with van der Waals surface area (Å²) in [6.07, 6.45) is 1.68. The second kappa shape index (κ2) is 5.04. The molecule has 0 bridgehead atoms. The summed E-state index contributed by atoms with van der Waals surface area (Å²) < 4.78 is 5.35. The van der Waals surface area contributed by atoms with Crippen molar-refractivity contribution in [2.75, 3.05) is 13.1 Å². The Morgan fingerprint density at radius 2 is 2.12 bits per heavy atom. The molecule has 0 aromatic heterocycles. The normalized spacial score (nSPS) is 26.7. The van der Waals surface area contributed by atoms with Crippen molar-refractivity contribution in [2.45, 2.75) is 52.2 Å². The molecule has 4 nitrogen and oxygen atoms in total. The summed E-state index contributed by atoms with van der Waals surface area (Å²) in [5.41, 5.74) is 5.58. The van der Waals surface area contributed by atoms with Gasteiger partial charge in [-0.1, -0.05) is 13.3 Å². The third kappa shape index (κ3) is 3.67. The zero-order valence-corrected chi connectivity index (χ0v) is 10.8. The Hall–Kier alpha value is -0.770. The van der Waals surface area contributed by atoms with Gasteiger partial charge in [0.05, 0.1) is 0 Å². The lowest BCUT2D eigenvalue weighted by molar-refractivity contribution is 0.0146. The number of likely N-dealkylation sites (tertiary alicyclic amines) is 1. The Labute approximate surface area is 98.1 Å². The smallest absolute Gasteiger partial charge is 0.410 e. The van der Waals surface area contributed by atoms with Crippen LogP contribution in [-0.4, -0.2) is 35.7 Å². The van der Waals surface area contributed by atoms with Gasteiger partial charge < -0.3 is 15.4 Å². The zero-order valence-electron chi connectivity index (χ0n) is 10.8. The highest BCUT2D eigenvalue weighted by Gasteiger charge is 2.30. The average Bonchev–Trinajstić information content (AvgIpc) is 2.15. The van der Waals surface area contributed by atoms with E-state index >= 15 is 0 Å². The second-order valence-electron chi connectivity index (χ2n) is 5.55. The van der Waals surface area contributed by atoms with E-state index in [4.69, 9.17) is 10.5 Å². The van der Waals surface area contributed by atoms with Gasteiger partial charge in [-0.15, -0.1) is 0 Å². The van der Waals surface area contributed by atoms with Crippen LogP contribution in [0.3, 0.4) is 0 Å². The number of amides is 1. The Balaban J connectivity index is 2.52. The van der Waals surface area contributed by atoms with Crippen LogP contribution in [0.2, 0.25) is 0 Å². The number of hydrogen-bond acceptors (Lipinski definition) is 3. The fourth-order valence-corrected chi connectivity index (χ4v) is 1.97. The van der Waals surface area contributed by atoms with Gasteiger partial charge in [0.1, 0.15) is 5.60 Å². The van der Waals surface area contributed by atoms with Crippen LogP contribution in [0.25, 0.3) is 0 Å². The zero-order chi connectivity index (χ0) is 12.3. The molecule has 0 saturated carbocycles. The number of carbonyl (C=O) groups excluding carboxylic acids is 1. The number of hydrogen-bond donors (Lipinski definition) is 1. The van der Waals surface area contributed by atoms with Gasteiger partial charge >= 0.3 is 6.09 Å². The van der Waals surface area contributed by atoms with Crippen molar-refractivity contribution >= 4 is 6.09 Å². The summed E-state index contributed by atoms with van der Waals surface area (Å²) in [5, 5.41) is 0. The van der Waals surface area contributed by atoms with E-state index in [1.807, 2.05) is 20.8 Å². The van der Waals surface area contributed by atoms with E-state index in [0.717, 1.165) is 19.4 Å². The first-order valence-corrected chi connectivity index (χ1v) is 6.07. The van der Waals surface area contributed by atoms with Gasteiger partial charge in [0.2, 0.25) is 0 Å². The predicted octanol–water partition coefficient (Wildman–Crippen LogP) is 1.98. The molecule has 1 heterocycles. The summed E-state index contributed by atoms with van der Waals surface area (Å²) >= 11 is 0. The molecular weight excluding hydrogens is 204 g/mol. The molecule has 0 aromatic carbocycles. The molecule has 1 amide bonds. The summed E-state index contributed by atoms with van der Waals surface area (Å²) in [7, 11) is 0. The molecule has 0 radical (unpaired) electrons. The van der Waals surface area contributed by atoms with Crippen LogP contribution in [-0.2, 0) is 4.74 Å². The molecular formula is C12H24N2O2. The molecule has 1 aliphatic heterocycles. The minimum absolute atomic E-state index is 0.210. The third-order valence-electron chi connectivity index (χ3n) is 2.97. The summed E-state index contributed by atoms with van der Waals surface area (Å²) in [6, 6.07) is 0.226. The van der Waals surface area contributed by atoms with Crippen LogP contribution in [0.1, 0.15) is 40.5 Å². The fraction of sp³-hybridized carbons (Fsp3) is 0.917. The monoisotopic (exact) mass is 228 g/mol. The van der Waals surface area contributed by atoms with Crippen LogP contribution >= 0.6 is 0 Å². The minimum atomic E-state index is -0.418. The van der Waals surface area contributed by atoms with Crippen LogP contribution in [0.5, 0.6) is 0 Å². The largest absolute Gasteiger partial charge is 0.444 e. The van der Waals surface area contributed by atoms with Gasteiger partial charge in [0, 0.05) is 19.1 Å². The SMILES string of the molecule is CC[C@H]1CN(C(=O)OC(C)(C)C)CC[C@H]1N. The Kier molecular flexibility index (Phi) is 4.19. The summed E-state index contributed by atoms with van der Waals surface area (Å²) in [6.45, 7) is 9.22. The number of rotatable bonds is 1. The summed E-state index contributed by atoms with van der Waals surface area (Å²) in [5.74, 6) is 0.404. The van der Waals surface area contributed by atoms with E-state index in [9.17, 15) is 4.79 Å². The van der Waals surface area contributed by atoms with Gasteiger partial charge in [-0.3, -0.25) is 0 Å². The topological polar surface area (TPSA) is 55.6 Å². The number of nitrogens with zero attached hydrogens (tertiary/aromatic N) is 1. The molecule has 94 valence electrons. The Morgan fingerprint density at radius 3 is 2.62 bits per heavy atom. The molecule has 0 spiro atoms. The average molecular weight is 228 g/mol. The third-order valence-corrected chi connectivity index (χ3v) is 2.97. The number of piperidine rings is 1. The van der Waals surface area contributed by atoms with Gasteiger partial charge in [-0.2, -0.15) is 0 Å². The molecule has 1 aliphatic rings. The van der Waals surface area contributed by atoms with E-state index in [1.54, 1.807) is 4.90 Å². The first-order chi connectivity index (χ1) is 7.33. The van der Waals surface area contributed by atoms with E-state index in [-0.39, 0.29) is 12.1 Å². The number of carbonyl (C=O) groups is 1. The molecule has 4 heteroatoms. The first-order valence-electron chi connectivity index (χ1n) is 6.07. The molecule has 16 heavy (non-hydrogen) atoms. The summed E-state index contributed by atoms with van der Waals surface area (Å²) in [4.78, 5) is 13.6. The van der Waals surface area contributed by atoms with Crippen molar-refractivity contribution < 1.29 is 9.53 Å². The van der Waals surface area contributed by atoms with Crippen molar-refractivity contribution in [2.24, 2.45) is 11.7 Å². The van der Waals surface area contributed by atoms with Crippen molar-refractivity contribution in [1.82, 2.24) is 4.90 Å². The lowest BCUT2D eigenvalue weighted by Crippen LogP contribution is -2.50.